The van der Waals surface area contributed by atoms with E-state index >= 15 is 0 Å². The lowest BCUT2D eigenvalue weighted by molar-refractivity contribution is -0.184. The largest absolute Gasteiger partial charge is 0.379 e. The van der Waals surface area contributed by atoms with Gasteiger partial charge in [0.1, 0.15) is 6.04 Å². The quantitative estimate of drug-likeness (QED) is 0.750. The van der Waals surface area contributed by atoms with Gasteiger partial charge in [0, 0.05) is 25.9 Å². The van der Waals surface area contributed by atoms with Gasteiger partial charge in [-0.2, -0.15) is 5.26 Å². The molecule has 0 aromatic carbocycles. The van der Waals surface area contributed by atoms with Crippen molar-refractivity contribution in [1.29, 1.82) is 5.26 Å². The fourth-order valence-electron chi connectivity index (χ4n) is 3.52. The summed E-state index contributed by atoms with van der Waals surface area (Å²) >= 11 is 0. The third-order valence-electron chi connectivity index (χ3n) is 4.62. The summed E-state index contributed by atoms with van der Waals surface area (Å²) in [7, 11) is 0. The molecule has 0 aromatic rings. The van der Waals surface area contributed by atoms with E-state index in [1.807, 2.05) is 0 Å². The van der Waals surface area contributed by atoms with E-state index in [0.717, 1.165) is 65.2 Å². The van der Waals surface area contributed by atoms with Gasteiger partial charge >= 0.3 is 0 Å². The summed E-state index contributed by atoms with van der Waals surface area (Å²) in [6.45, 7) is 4.70. The van der Waals surface area contributed by atoms with Crippen molar-refractivity contribution in [3.05, 3.63) is 0 Å². The van der Waals surface area contributed by atoms with Crippen molar-refractivity contribution in [2.75, 3.05) is 39.5 Å². The first-order chi connectivity index (χ1) is 9.33. The molecule has 19 heavy (non-hydrogen) atoms. The second kappa shape index (κ2) is 5.76. The predicted molar refractivity (Wildman–Crippen MR) is 68.4 cm³/mol. The van der Waals surface area contributed by atoms with Crippen LogP contribution in [0.2, 0.25) is 0 Å². The minimum Gasteiger partial charge on any atom is -0.379 e. The topological polar surface area (TPSA) is 54.7 Å². The Labute approximate surface area is 114 Å². The van der Waals surface area contributed by atoms with Gasteiger partial charge in [0.15, 0.2) is 5.79 Å². The number of hydrogen-bond acceptors (Lipinski definition) is 5. The first-order valence-corrected chi connectivity index (χ1v) is 7.32. The van der Waals surface area contributed by atoms with Crippen molar-refractivity contribution in [3.63, 3.8) is 0 Å². The summed E-state index contributed by atoms with van der Waals surface area (Å²) in [4.78, 5) is 2.28. The van der Waals surface area contributed by atoms with Crippen LogP contribution in [0.25, 0.3) is 0 Å². The molecule has 0 aromatic heterocycles. The molecule has 0 amide bonds. The number of hydrogen-bond donors (Lipinski definition) is 0. The molecule has 2 saturated heterocycles. The Morgan fingerprint density at radius 2 is 1.68 bits per heavy atom. The molecule has 3 fully saturated rings. The normalized spacial score (nSPS) is 30.3. The number of morpholine rings is 1. The Bertz CT molecular complexity index is 333. The van der Waals surface area contributed by atoms with E-state index in [9.17, 15) is 5.26 Å². The highest BCUT2D eigenvalue weighted by molar-refractivity contribution is 5.00. The fourth-order valence-corrected chi connectivity index (χ4v) is 3.52. The second-order valence-corrected chi connectivity index (χ2v) is 5.67. The highest BCUT2D eigenvalue weighted by Crippen LogP contribution is 2.40. The molecule has 1 aliphatic carbocycles. The lowest BCUT2D eigenvalue weighted by atomic mass is 9.80. The number of ether oxygens (including phenoxy) is 3. The molecule has 0 radical (unpaired) electrons. The van der Waals surface area contributed by atoms with Crippen LogP contribution in [0.3, 0.4) is 0 Å². The van der Waals surface area contributed by atoms with Crippen LogP contribution in [0.5, 0.6) is 0 Å². The molecule has 0 bridgehead atoms. The highest BCUT2D eigenvalue weighted by Gasteiger charge is 2.43. The molecule has 106 valence electrons. The van der Waals surface area contributed by atoms with Gasteiger partial charge in [-0.05, 0) is 18.8 Å². The molecule has 3 rings (SSSR count). The van der Waals surface area contributed by atoms with Gasteiger partial charge in [0.25, 0.3) is 0 Å². The van der Waals surface area contributed by atoms with Gasteiger partial charge < -0.3 is 14.2 Å². The van der Waals surface area contributed by atoms with Gasteiger partial charge in [-0.3, -0.25) is 4.90 Å². The van der Waals surface area contributed by atoms with Crippen LogP contribution in [0.15, 0.2) is 0 Å². The molecular formula is C14H22N2O3. The van der Waals surface area contributed by atoms with Crippen molar-refractivity contribution in [3.8, 4) is 6.07 Å². The molecule has 3 aliphatic rings. The van der Waals surface area contributed by atoms with Crippen LogP contribution >= 0.6 is 0 Å². The summed E-state index contributed by atoms with van der Waals surface area (Å²) in [6, 6.07) is 2.54. The van der Waals surface area contributed by atoms with E-state index < -0.39 is 0 Å². The van der Waals surface area contributed by atoms with Crippen molar-refractivity contribution in [2.45, 2.75) is 37.5 Å². The number of nitrogens with zero attached hydrogens (tertiary/aromatic N) is 2. The number of nitriles is 1. The standard InChI is InChI=1S/C14H22N2O3/c15-11-13(16-5-7-17-8-6-16)12-1-3-14(4-2-12)18-9-10-19-14/h12-13H,1-10H2. The van der Waals surface area contributed by atoms with E-state index in [1.165, 1.54) is 0 Å². The van der Waals surface area contributed by atoms with Crippen LogP contribution < -0.4 is 0 Å². The zero-order valence-electron chi connectivity index (χ0n) is 11.3. The minimum atomic E-state index is -0.318. The van der Waals surface area contributed by atoms with Crippen LogP contribution in [0.4, 0.5) is 0 Å². The maximum absolute atomic E-state index is 9.49. The monoisotopic (exact) mass is 266 g/mol. The van der Waals surface area contributed by atoms with Crippen molar-refractivity contribution in [2.24, 2.45) is 5.92 Å². The molecule has 1 atom stereocenters. The van der Waals surface area contributed by atoms with Crippen molar-refractivity contribution in [1.82, 2.24) is 4.90 Å². The average molecular weight is 266 g/mol. The third kappa shape index (κ3) is 2.77. The maximum atomic E-state index is 9.49. The molecular weight excluding hydrogens is 244 g/mol. The molecule has 2 aliphatic heterocycles. The average Bonchev–Trinajstić information content (AvgIpc) is 2.92. The van der Waals surface area contributed by atoms with E-state index in [-0.39, 0.29) is 11.8 Å². The summed E-state index contributed by atoms with van der Waals surface area (Å²) in [5, 5.41) is 9.49. The van der Waals surface area contributed by atoms with Gasteiger partial charge in [-0.25, -0.2) is 0 Å². The van der Waals surface area contributed by atoms with Crippen LogP contribution in [0, 0.1) is 17.2 Å². The molecule has 1 spiro atoms. The Balaban J connectivity index is 1.58. The van der Waals surface area contributed by atoms with E-state index in [1.54, 1.807) is 0 Å². The van der Waals surface area contributed by atoms with Crippen LogP contribution in [-0.4, -0.2) is 56.2 Å². The van der Waals surface area contributed by atoms with E-state index in [0.29, 0.717) is 5.92 Å². The number of rotatable bonds is 2. The molecule has 0 N–H and O–H groups in total. The zero-order chi connectivity index (χ0) is 13.1. The minimum absolute atomic E-state index is 0.0302. The van der Waals surface area contributed by atoms with Crippen LogP contribution in [-0.2, 0) is 14.2 Å². The Morgan fingerprint density at radius 1 is 1.05 bits per heavy atom. The van der Waals surface area contributed by atoms with Crippen molar-refractivity contribution >= 4 is 0 Å². The van der Waals surface area contributed by atoms with Gasteiger partial charge in [-0.15, -0.1) is 0 Å². The molecule has 5 nitrogen and oxygen atoms in total. The maximum Gasteiger partial charge on any atom is 0.168 e. The van der Waals surface area contributed by atoms with Gasteiger partial charge in [0.05, 0.1) is 32.5 Å². The molecule has 1 saturated carbocycles. The lowest BCUT2D eigenvalue weighted by Crippen LogP contribution is -2.48. The summed E-state index contributed by atoms with van der Waals surface area (Å²) in [5.74, 6) is 0.128. The molecule has 5 heteroatoms. The predicted octanol–water partition coefficient (Wildman–Crippen LogP) is 1.14. The highest BCUT2D eigenvalue weighted by atomic mass is 16.7. The smallest absolute Gasteiger partial charge is 0.168 e. The zero-order valence-corrected chi connectivity index (χ0v) is 11.3. The van der Waals surface area contributed by atoms with Gasteiger partial charge in [-0.1, -0.05) is 0 Å². The fraction of sp³-hybridized carbons (Fsp3) is 0.929. The first-order valence-electron chi connectivity index (χ1n) is 7.32. The van der Waals surface area contributed by atoms with Crippen LogP contribution in [0.1, 0.15) is 25.7 Å². The molecule has 2 heterocycles. The Morgan fingerprint density at radius 3 is 2.26 bits per heavy atom. The lowest BCUT2D eigenvalue weighted by Gasteiger charge is -2.40. The van der Waals surface area contributed by atoms with Gasteiger partial charge in [0.2, 0.25) is 0 Å². The van der Waals surface area contributed by atoms with Crippen molar-refractivity contribution < 1.29 is 14.2 Å². The second-order valence-electron chi connectivity index (χ2n) is 5.67. The molecule has 1 unspecified atom stereocenters. The third-order valence-corrected chi connectivity index (χ3v) is 4.62. The SMILES string of the molecule is N#CC(C1CCC2(CC1)OCCO2)N1CCOCC1. The summed E-state index contributed by atoms with van der Waals surface area (Å²) < 4.78 is 16.9. The summed E-state index contributed by atoms with van der Waals surface area (Å²) in [5.41, 5.74) is 0. The van der Waals surface area contributed by atoms with E-state index in [2.05, 4.69) is 11.0 Å². The Hall–Kier alpha value is -0.670. The first kappa shape index (κ1) is 13.3. The summed E-state index contributed by atoms with van der Waals surface area (Å²) in [6.07, 6.45) is 3.91. The van der Waals surface area contributed by atoms with E-state index in [4.69, 9.17) is 14.2 Å². The Kier molecular flexibility index (Phi) is 4.04.